The first-order chi connectivity index (χ1) is 8.78. The first-order valence-corrected chi connectivity index (χ1v) is 6.83. The molecule has 0 radical (unpaired) electrons. The molecule has 1 aliphatic rings. The van der Waals surface area contributed by atoms with Crippen molar-refractivity contribution in [3.8, 4) is 5.75 Å². The summed E-state index contributed by atoms with van der Waals surface area (Å²) in [5.74, 6) is 0.949. The van der Waals surface area contributed by atoms with Crippen molar-refractivity contribution in [2.45, 2.75) is 25.3 Å². The summed E-state index contributed by atoms with van der Waals surface area (Å²) >= 11 is 0. The zero-order valence-corrected chi connectivity index (χ0v) is 11.5. The van der Waals surface area contributed by atoms with E-state index in [1.807, 2.05) is 6.07 Å². The maximum Gasteiger partial charge on any atom is 0.119 e. The van der Waals surface area contributed by atoms with Gasteiger partial charge in [0.2, 0.25) is 0 Å². The summed E-state index contributed by atoms with van der Waals surface area (Å²) in [4.78, 5) is 2.41. The molecule has 0 aromatic heterocycles. The third kappa shape index (κ3) is 4.00. The zero-order chi connectivity index (χ0) is 12.8. The molecule has 0 bridgehead atoms. The summed E-state index contributed by atoms with van der Waals surface area (Å²) in [6, 6.07) is 9.00. The van der Waals surface area contributed by atoms with Crippen molar-refractivity contribution in [3.63, 3.8) is 0 Å². The summed E-state index contributed by atoms with van der Waals surface area (Å²) < 4.78 is 5.24. The molecular formula is C15H24N2O. The summed E-state index contributed by atoms with van der Waals surface area (Å²) in [5, 5.41) is 3.66. The van der Waals surface area contributed by atoms with E-state index in [0.29, 0.717) is 6.04 Å². The minimum atomic E-state index is 0.661. The SMILES string of the molecule is COc1cccc(CCNC2CCCN(C)C2)c1. The van der Waals surface area contributed by atoms with Gasteiger partial charge in [0.15, 0.2) is 0 Å². The van der Waals surface area contributed by atoms with Crippen LogP contribution in [0.5, 0.6) is 5.75 Å². The van der Waals surface area contributed by atoms with E-state index in [2.05, 4.69) is 35.5 Å². The number of rotatable bonds is 5. The van der Waals surface area contributed by atoms with Gasteiger partial charge >= 0.3 is 0 Å². The van der Waals surface area contributed by atoms with Crippen molar-refractivity contribution in [2.75, 3.05) is 33.8 Å². The van der Waals surface area contributed by atoms with Gasteiger partial charge in [0.25, 0.3) is 0 Å². The second-order valence-corrected chi connectivity index (χ2v) is 5.16. The average Bonchev–Trinajstić information content (AvgIpc) is 2.39. The highest BCUT2D eigenvalue weighted by Gasteiger charge is 2.15. The predicted octanol–water partition coefficient (Wildman–Crippen LogP) is 1.92. The molecular weight excluding hydrogens is 224 g/mol. The molecule has 3 heteroatoms. The number of piperidine rings is 1. The number of hydrogen-bond acceptors (Lipinski definition) is 3. The van der Waals surface area contributed by atoms with Crippen molar-refractivity contribution in [1.29, 1.82) is 0 Å². The van der Waals surface area contributed by atoms with Gasteiger partial charge in [-0.2, -0.15) is 0 Å². The molecule has 2 rings (SSSR count). The molecule has 1 aromatic carbocycles. The molecule has 0 amide bonds. The van der Waals surface area contributed by atoms with Crippen molar-refractivity contribution < 1.29 is 4.74 Å². The zero-order valence-electron chi connectivity index (χ0n) is 11.5. The Morgan fingerprint density at radius 2 is 2.33 bits per heavy atom. The van der Waals surface area contributed by atoms with Gasteiger partial charge in [0, 0.05) is 12.6 Å². The van der Waals surface area contributed by atoms with Gasteiger partial charge in [-0.25, -0.2) is 0 Å². The number of methoxy groups -OCH3 is 1. The van der Waals surface area contributed by atoms with Crippen LogP contribution in [0.3, 0.4) is 0 Å². The maximum absolute atomic E-state index is 5.24. The highest BCUT2D eigenvalue weighted by atomic mass is 16.5. The van der Waals surface area contributed by atoms with Crippen LogP contribution in [-0.2, 0) is 6.42 Å². The van der Waals surface area contributed by atoms with Crippen LogP contribution in [0, 0.1) is 0 Å². The Morgan fingerprint density at radius 3 is 3.11 bits per heavy atom. The van der Waals surface area contributed by atoms with E-state index in [9.17, 15) is 0 Å². The van der Waals surface area contributed by atoms with Gasteiger partial charge < -0.3 is 15.0 Å². The van der Waals surface area contributed by atoms with E-state index in [4.69, 9.17) is 4.74 Å². The Morgan fingerprint density at radius 1 is 1.44 bits per heavy atom. The lowest BCUT2D eigenvalue weighted by atomic mass is 10.1. The van der Waals surface area contributed by atoms with Gasteiger partial charge in [-0.05, 0) is 57.1 Å². The second kappa shape index (κ2) is 6.76. The number of hydrogen-bond donors (Lipinski definition) is 1. The normalized spacial score (nSPS) is 20.9. The molecule has 100 valence electrons. The summed E-state index contributed by atoms with van der Waals surface area (Å²) in [6.07, 6.45) is 3.69. The predicted molar refractivity (Wildman–Crippen MR) is 75.2 cm³/mol. The van der Waals surface area contributed by atoms with Crippen molar-refractivity contribution in [1.82, 2.24) is 10.2 Å². The number of ether oxygens (including phenoxy) is 1. The number of nitrogens with one attached hydrogen (secondary N) is 1. The minimum absolute atomic E-state index is 0.661. The van der Waals surface area contributed by atoms with Gasteiger partial charge in [-0.3, -0.25) is 0 Å². The largest absolute Gasteiger partial charge is 0.497 e. The average molecular weight is 248 g/mol. The monoisotopic (exact) mass is 248 g/mol. The smallest absolute Gasteiger partial charge is 0.119 e. The van der Waals surface area contributed by atoms with Crippen LogP contribution >= 0.6 is 0 Å². The van der Waals surface area contributed by atoms with Crippen LogP contribution in [-0.4, -0.2) is 44.7 Å². The fourth-order valence-electron chi connectivity index (χ4n) is 2.58. The Labute approximate surface area is 110 Å². The van der Waals surface area contributed by atoms with Crippen LogP contribution in [0.1, 0.15) is 18.4 Å². The molecule has 1 N–H and O–H groups in total. The molecule has 1 unspecified atom stereocenters. The van der Waals surface area contributed by atoms with E-state index in [1.54, 1.807) is 7.11 Å². The first kappa shape index (κ1) is 13.4. The van der Waals surface area contributed by atoms with E-state index in [-0.39, 0.29) is 0 Å². The van der Waals surface area contributed by atoms with Crippen LogP contribution in [0.2, 0.25) is 0 Å². The van der Waals surface area contributed by atoms with E-state index < -0.39 is 0 Å². The van der Waals surface area contributed by atoms with Gasteiger partial charge in [0.05, 0.1) is 7.11 Å². The summed E-state index contributed by atoms with van der Waals surface area (Å²) in [5.41, 5.74) is 1.34. The number of nitrogens with zero attached hydrogens (tertiary/aromatic N) is 1. The van der Waals surface area contributed by atoms with Gasteiger partial charge in [0.1, 0.15) is 5.75 Å². The fraction of sp³-hybridized carbons (Fsp3) is 0.600. The Balaban J connectivity index is 1.74. The van der Waals surface area contributed by atoms with E-state index >= 15 is 0 Å². The van der Waals surface area contributed by atoms with Crippen LogP contribution in [0.15, 0.2) is 24.3 Å². The first-order valence-electron chi connectivity index (χ1n) is 6.83. The number of likely N-dealkylation sites (N-methyl/N-ethyl adjacent to an activating group) is 1. The Hall–Kier alpha value is -1.06. The van der Waals surface area contributed by atoms with Crippen LogP contribution in [0.4, 0.5) is 0 Å². The molecule has 0 saturated carbocycles. The topological polar surface area (TPSA) is 24.5 Å². The third-order valence-electron chi connectivity index (χ3n) is 3.61. The third-order valence-corrected chi connectivity index (χ3v) is 3.61. The minimum Gasteiger partial charge on any atom is -0.497 e. The molecule has 0 spiro atoms. The lowest BCUT2D eigenvalue weighted by Crippen LogP contribution is -2.44. The Bertz CT molecular complexity index is 367. The lowest BCUT2D eigenvalue weighted by molar-refractivity contribution is 0.228. The van der Waals surface area contributed by atoms with Gasteiger partial charge in [-0.1, -0.05) is 12.1 Å². The lowest BCUT2D eigenvalue weighted by Gasteiger charge is -2.30. The van der Waals surface area contributed by atoms with E-state index in [1.165, 1.54) is 31.5 Å². The van der Waals surface area contributed by atoms with Crippen molar-refractivity contribution in [3.05, 3.63) is 29.8 Å². The van der Waals surface area contributed by atoms with Crippen LogP contribution in [0.25, 0.3) is 0 Å². The molecule has 1 aromatic rings. The quantitative estimate of drug-likeness (QED) is 0.861. The van der Waals surface area contributed by atoms with Crippen LogP contribution < -0.4 is 10.1 Å². The maximum atomic E-state index is 5.24. The second-order valence-electron chi connectivity index (χ2n) is 5.16. The van der Waals surface area contributed by atoms with Crippen molar-refractivity contribution >= 4 is 0 Å². The van der Waals surface area contributed by atoms with Gasteiger partial charge in [-0.15, -0.1) is 0 Å². The van der Waals surface area contributed by atoms with E-state index in [0.717, 1.165) is 18.7 Å². The molecule has 1 atom stereocenters. The summed E-state index contributed by atoms with van der Waals surface area (Å²) in [7, 11) is 3.92. The molecule has 3 nitrogen and oxygen atoms in total. The molecule has 1 fully saturated rings. The number of likely N-dealkylation sites (tertiary alicyclic amines) is 1. The summed E-state index contributed by atoms with van der Waals surface area (Å²) in [6.45, 7) is 3.47. The Kier molecular flexibility index (Phi) is 5.02. The fourth-order valence-corrected chi connectivity index (χ4v) is 2.58. The van der Waals surface area contributed by atoms with Crippen molar-refractivity contribution in [2.24, 2.45) is 0 Å². The molecule has 1 aliphatic heterocycles. The highest BCUT2D eigenvalue weighted by molar-refractivity contribution is 5.28. The molecule has 1 saturated heterocycles. The molecule has 0 aliphatic carbocycles. The standard InChI is InChI=1S/C15H24N2O/c1-17-10-4-6-14(12-17)16-9-8-13-5-3-7-15(11-13)18-2/h3,5,7,11,14,16H,4,6,8-10,12H2,1-2H3. The molecule has 1 heterocycles. The highest BCUT2D eigenvalue weighted by Crippen LogP contribution is 2.13. The number of benzene rings is 1. The molecule has 18 heavy (non-hydrogen) atoms.